The van der Waals surface area contributed by atoms with Gasteiger partial charge < -0.3 is 11.5 Å². The van der Waals surface area contributed by atoms with E-state index in [-0.39, 0.29) is 0 Å². The first-order valence-electron chi connectivity index (χ1n) is 18.9. The van der Waals surface area contributed by atoms with Crippen molar-refractivity contribution in [2.75, 3.05) is 11.5 Å². The Kier molecular flexibility index (Phi) is 16.0. The molecule has 4 rings (SSSR count). The number of nitrogens with two attached hydrogens (primary N) is 2. The lowest BCUT2D eigenvalue weighted by atomic mass is 9.96. The molecule has 4 aromatic carbocycles. The van der Waals surface area contributed by atoms with Gasteiger partial charge in [0.05, 0.1) is 0 Å². The molecule has 252 valence electrons. The number of nitrogen functional groups attached to an aromatic ring is 2. The van der Waals surface area contributed by atoms with Crippen LogP contribution >= 0.6 is 0 Å². The van der Waals surface area contributed by atoms with Gasteiger partial charge in [0.25, 0.3) is 0 Å². The maximum absolute atomic E-state index is 6.32. The van der Waals surface area contributed by atoms with Crippen LogP contribution in [0, 0.1) is 0 Å². The van der Waals surface area contributed by atoms with E-state index in [9.17, 15) is 0 Å². The fraction of sp³-hybridized carbons (Fsp3) is 0.467. The van der Waals surface area contributed by atoms with Gasteiger partial charge in [0.15, 0.2) is 0 Å². The first-order valence-corrected chi connectivity index (χ1v) is 18.9. The number of hydrogen-bond donors (Lipinski definition) is 2. The normalized spacial score (nSPS) is 11.3. The SMILES string of the molecule is CCCCCCCCc1cc(Cc2ccc(CCCc3ccc(Cc4ccc(N)c(CCCCCCCC)c4)cc3)cc2)ccc1N. The Labute approximate surface area is 287 Å². The summed E-state index contributed by atoms with van der Waals surface area (Å²) in [6.45, 7) is 4.55. The number of unbranched alkanes of at least 4 members (excludes halogenated alkanes) is 10. The van der Waals surface area contributed by atoms with Crippen LogP contribution in [0.5, 0.6) is 0 Å². The third-order valence-corrected chi connectivity index (χ3v) is 9.81. The van der Waals surface area contributed by atoms with Gasteiger partial charge in [-0.25, -0.2) is 0 Å². The molecule has 4 aromatic rings. The van der Waals surface area contributed by atoms with E-state index in [1.807, 2.05) is 0 Å². The van der Waals surface area contributed by atoms with Crippen LogP contribution in [0.15, 0.2) is 84.9 Å². The average Bonchev–Trinajstić information content (AvgIpc) is 3.08. The topological polar surface area (TPSA) is 52.0 Å². The minimum Gasteiger partial charge on any atom is -0.399 e. The minimum absolute atomic E-state index is 0.946. The number of anilines is 2. The Morgan fingerprint density at radius 1 is 0.340 bits per heavy atom. The van der Waals surface area contributed by atoms with Crippen LogP contribution in [0.3, 0.4) is 0 Å². The largest absolute Gasteiger partial charge is 0.399 e. The molecular formula is C45H62N2. The van der Waals surface area contributed by atoms with Crippen LogP contribution in [0.1, 0.15) is 142 Å². The molecule has 0 amide bonds. The van der Waals surface area contributed by atoms with Gasteiger partial charge in [0, 0.05) is 11.4 Å². The summed E-state index contributed by atoms with van der Waals surface area (Å²) in [6, 6.07) is 31.8. The van der Waals surface area contributed by atoms with E-state index in [0.717, 1.165) is 56.3 Å². The van der Waals surface area contributed by atoms with E-state index in [0.29, 0.717) is 0 Å². The monoisotopic (exact) mass is 630 g/mol. The Morgan fingerprint density at radius 3 is 1.09 bits per heavy atom. The molecule has 4 N–H and O–H groups in total. The van der Waals surface area contributed by atoms with Gasteiger partial charge in [-0.15, -0.1) is 0 Å². The van der Waals surface area contributed by atoms with Gasteiger partial charge in [0.1, 0.15) is 0 Å². The van der Waals surface area contributed by atoms with E-state index < -0.39 is 0 Å². The first-order chi connectivity index (χ1) is 23.0. The lowest BCUT2D eigenvalue weighted by Gasteiger charge is -2.10. The van der Waals surface area contributed by atoms with Gasteiger partial charge >= 0.3 is 0 Å². The van der Waals surface area contributed by atoms with Gasteiger partial charge in [-0.2, -0.15) is 0 Å². The Bertz CT molecular complexity index is 1320. The summed E-state index contributed by atoms with van der Waals surface area (Å²) in [5.41, 5.74) is 25.5. The number of hydrogen-bond acceptors (Lipinski definition) is 2. The zero-order chi connectivity index (χ0) is 33.1. The molecule has 0 spiro atoms. The van der Waals surface area contributed by atoms with Crippen molar-refractivity contribution in [3.63, 3.8) is 0 Å². The summed E-state index contributed by atoms with van der Waals surface area (Å²) < 4.78 is 0. The third-order valence-electron chi connectivity index (χ3n) is 9.81. The van der Waals surface area contributed by atoms with E-state index in [4.69, 9.17) is 11.5 Å². The maximum atomic E-state index is 6.32. The molecule has 0 bridgehead atoms. The molecule has 0 heterocycles. The maximum Gasteiger partial charge on any atom is 0.0346 e. The van der Waals surface area contributed by atoms with Crippen LogP contribution in [0.4, 0.5) is 11.4 Å². The summed E-state index contributed by atoms with van der Waals surface area (Å²) in [5.74, 6) is 0. The second kappa shape index (κ2) is 20.7. The molecular weight excluding hydrogens is 569 g/mol. The minimum atomic E-state index is 0.946. The molecule has 47 heavy (non-hydrogen) atoms. The molecule has 2 heteroatoms. The van der Waals surface area contributed by atoms with Crippen molar-refractivity contribution in [1.29, 1.82) is 0 Å². The van der Waals surface area contributed by atoms with Crippen LogP contribution in [-0.2, 0) is 38.5 Å². The lowest BCUT2D eigenvalue weighted by Crippen LogP contribution is -1.98. The Balaban J connectivity index is 1.18. The molecule has 0 aliphatic rings. The molecule has 2 nitrogen and oxygen atoms in total. The predicted octanol–water partition coefficient (Wildman–Crippen LogP) is 12.0. The predicted molar refractivity (Wildman–Crippen MR) is 206 cm³/mol. The molecule has 0 radical (unpaired) electrons. The fourth-order valence-electron chi connectivity index (χ4n) is 6.78. The lowest BCUT2D eigenvalue weighted by molar-refractivity contribution is 0.608. The average molecular weight is 631 g/mol. The molecule has 0 fully saturated rings. The smallest absolute Gasteiger partial charge is 0.0346 e. The quantitative estimate of drug-likeness (QED) is 0.0670. The Hall–Kier alpha value is -3.52. The van der Waals surface area contributed by atoms with Crippen molar-refractivity contribution in [2.24, 2.45) is 0 Å². The van der Waals surface area contributed by atoms with Crippen molar-refractivity contribution in [3.8, 4) is 0 Å². The van der Waals surface area contributed by atoms with E-state index in [1.54, 1.807) is 0 Å². The van der Waals surface area contributed by atoms with Crippen molar-refractivity contribution >= 4 is 11.4 Å². The second-order valence-corrected chi connectivity index (χ2v) is 13.9. The van der Waals surface area contributed by atoms with Crippen molar-refractivity contribution in [3.05, 3.63) is 129 Å². The van der Waals surface area contributed by atoms with E-state index in [2.05, 4.69) is 98.8 Å². The highest BCUT2D eigenvalue weighted by Gasteiger charge is 2.06. The highest BCUT2D eigenvalue weighted by molar-refractivity contribution is 5.50. The van der Waals surface area contributed by atoms with Crippen molar-refractivity contribution in [1.82, 2.24) is 0 Å². The number of benzene rings is 4. The van der Waals surface area contributed by atoms with Crippen LogP contribution in [0.2, 0.25) is 0 Å². The van der Waals surface area contributed by atoms with Crippen molar-refractivity contribution in [2.45, 2.75) is 136 Å². The zero-order valence-corrected chi connectivity index (χ0v) is 29.7. The molecule has 0 saturated heterocycles. The molecule has 0 aromatic heterocycles. The third kappa shape index (κ3) is 13.3. The first kappa shape index (κ1) is 36.3. The summed E-state index contributed by atoms with van der Waals surface area (Å²) in [5, 5.41) is 0. The van der Waals surface area contributed by atoms with Crippen molar-refractivity contribution < 1.29 is 0 Å². The zero-order valence-electron chi connectivity index (χ0n) is 29.7. The van der Waals surface area contributed by atoms with Crippen LogP contribution in [-0.4, -0.2) is 0 Å². The highest BCUT2D eigenvalue weighted by Crippen LogP contribution is 2.22. The molecule has 0 aliphatic carbocycles. The van der Waals surface area contributed by atoms with Gasteiger partial charge in [0.2, 0.25) is 0 Å². The van der Waals surface area contributed by atoms with Gasteiger partial charge in [-0.1, -0.05) is 151 Å². The molecule has 0 atom stereocenters. The van der Waals surface area contributed by atoms with Crippen LogP contribution < -0.4 is 11.5 Å². The molecule has 0 saturated carbocycles. The number of rotatable bonds is 22. The fourth-order valence-corrected chi connectivity index (χ4v) is 6.78. The molecule has 0 aliphatic heterocycles. The van der Waals surface area contributed by atoms with Crippen LogP contribution in [0.25, 0.3) is 0 Å². The van der Waals surface area contributed by atoms with Gasteiger partial charge in [-0.05, 0) is 114 Å². The Morgan fingerprint density at radius 2 is 0.681 bits per heavy atom. The number of aryl methyl sites for hydroxylation is 4. The molecule has 0 unspecified atom stereocenters. The highest BCUT2D eigenvalue weighted by atomic mass is 14.6. The second-order valence-electron chi connectivity index (χ2n) is 13.9. The van der Waals surface area contributed by atoms with E-state index in [1.165, 1.54) is 122 Å². The summed E-state index contributed by atoms with van der Waals surface area (Å²) in [7, 11) is 0. The van der Waals surface area contributed by atoms with E-state index >= 15 is 0 Å². The van der Waals surface area contributed by atoms with Gasteiger partial charge in [-0.3, -0.25) is 0 Å². The summed E-state index contributed by atoms with van der Waals surface area (Å²) in [6.07, 6.45) is 23.3. The summed E-state index contributed by atoms with van der Waals surface area (Å²) >= 11 is 0. The standard InChI is InChI=1S/C45H62N2/c1-3-5-7-9-11-13-18-42-34-40(28-30-44(42)46)32-38-24-20-36(21-25-38)16-15-17-37-22-26-39(27-23-37)33-41-29-31-45(47)43(35-41)19-14-12-10-8-6-4-2/h20-31,34-35H,3-19,32-33,46-47H2,1-2H3. The summed E-state index contributed by atoms with van der Waals surface area (Å²) in [4.78, 5) is 0.